The Kier molecular flexibility index (Phi) is 4.38. The minimum atomic E-state index is -0.576. The predicted octanol–water partition coefficient (Wildman–Crippen LogP) is 2.25. The number of nitrogens with zero attached hydrogens (tertiary/aromatic N) is 2. The minimum Gasteiger partial charge on any atom is -0.497 e. The number of para-hydroxylation sites is 1. The molecule has 6 nitrogen and oxygen atoms in total. The fourth-order valence-corrected chi connectivity index (χ4v) is 2.23. The number of aromatic amines is 1. The van der Waals surface area contributed by atoms with E-state index in [2.05, 4.69) is 10.1 Å². The van der Waals surface area contributed by atoms with Crippen molar-refractivity contribution in [1.29, 1.82) is 0 Å². The zero-order chi connectivity index (χ0) is 16.9. The molecule has 3 aromatic rings. The van der Waals surface area contributed by atoms with E-state index in [1.165, 1.54) is 6.21 Å². The first-order valence-corrected chi connectivity index (χ1v) is 7.28. The van der Waals surface area contributed by atoms with Crippen LogP contribution in [0.15, 0.2) is 69.3 Å². The van der Waals surface area contributed by atoms with E-state index in [1.807, 2.05) is 30.3 Å². The number of hydrogen-bond donors (Lipinski definition) is 1. The van der Waals surface area contributed by atoms with E-state index in [0.29, 0.717) is 10.9 Å². The van der Waals surface area contributed by atoms with E-state index in [1.54, 1.807) is 37.5 Å². The van der Waals surface area contributed by atoms with Gasteiger partial charge in [0.15, 0.2) is 0 Å². The summed E-state index contributed by atoms with van der Waals surface area (Å²) in [5, 5.41) is 4.34. The zero-order valence-corrected chi connectivity index (χ0v) is 13.0. The van der Waals surface area contributed by atoms with Crippen LogP contribution >= 0.6 is 0 Å². The van der Waals surface area contributed by atoms with Gasteiger partial charge in [-0.05, 0) is 35.9 Å². The van der Waals surface area contributed by atoms with E-state index in [9.17, 15) is 9.59 Å². The molecular weight excluding hydrogens is 306 g/mol. The first-order valence-electron chi connectivity index (χ1n) is 7.28. The molecule has 0 amide bonds. The Hall–Kier alpha value is -3.41. The third kappa shape index (κ3) is 3.17. The lowest BCUT2D eigenvalue weighted by Gasteiger charge is -2.00. The lowest BCUT2D eigenvalue weighted by Crippen LogP contribution is -2.32. The molecule has 1 aromatic heterocycles. The van der Waals surface area contributed by atoms with Gasteiger partial charge < -0.3 is 9.72 Å². The molecule has 0 aliphatic carbocycles. The summed E-state index contributed by atoms with van der Waals surface area (Å²) in [5.41, 5.74) is 0.408. The fourth-order valence-electron chi connectivity index (χ4n) is 2.23. The Morgan fingerprint density at radius 3 is 2.58 bits per heavy atom. The number of fused-ring (bicyclic) bond motifs is 1. The van der Waals surface area contributed by atoms with Gasteiger partial charge in [0.05, 0.1) is 18.0 Å². The Morgan fingerprint density at radius 2 is 1.83 bits per heavy atom. The van der Waals surface area contributed by atoms with Crippen LogP contribution in [-0.4, -0.2) is 23.0 Å². The van der Waals surface area contributed by atoms with Crippen molar-refractivity contribution in [2.75, 3.05) is 7.11 Å². The highest BCUT2D eigenvalue weighted by atomic mass is 16.5. The number of aromatic nitrogens is 2. The summed E-state index contributed by atoms with van der Waals surface area (Å²) in [6.45, 7) is 0. The van der Waals surface area contributed by atoms with Gasteiger partial charge in [0, 0.05) is 6.21 Å². The molecule has 0 unspecified atom stereocenters. The maximum atomic E-state index is 12.3. The number of allylic oxidation sites excluding steroid dienone is 1. The summed E-state index contributed by atoms with van der Waals surface area (Å²) in [5.74, 6) is 0.773. The average Bonchev–Trinajstić information content (AvgIpc) is 2.61. The molecule has 0 bridgehead atoms. The highest BCUT2D eigenvalue weighted by molar-refractivity contribution is 5.79. The lowest BCUT2D eigenvalue weighted by molar-refractivity contribution is 0.415. The van der Waals surface area contributed by atoms with E-state index in [4.69, 9.17) is 4.74 Å². The Labute approximate surface area is 137 Å². The van der Waals surface area contributed by atoms with Gasteiger partial charge in [-0.15, -0.1) is 4.68 Å². The van der Waals surface area contributed by atoms with Gasteiger partial charge >= 0.3 is 5.69 Å². The summed E-state index contributed by atoms with van der Waals surface area (Å²) >= 11 is 0. The predicted molar refractivity (Wildman–Crippen MR) is 94.7 cm³/mol. The van der Waals surface area contributed by atoms with Crippen LogP contribution in [0, 0.1) is 0 Å². The molecule has 24 heavy (non-hydrogen) atoms. The smallest absolute Gasteiger partial charge is 0.349 e. The van der Waals surface area contributed by atoms with Crippen molar-refractivity contribution < 1.29 is 4.74 Å². The van der Waals surface area contributed by atoms with Crippen molar-refractivity contribution >= 4 is 23.2 Å². The van der Waals surface area contributed by atoms with Crippen LogP contribution in [-0.2, 0) is 0 Å². The molecule has 0 fully saturated rings. The summed E-state index contributed by atoms with van der Waals surface area (Å²) in [4.78, 5) is 26.8. The number of nitrogens with one attached hydrogen (secondary N) is 1. The summed E-state index contributed by atoms with van der Waals surface area (Å²) in [6.07, 6.45) is 4.86. The van der Waals surface area contributed by atoms with E-state index < -0.39 is 11.2 Å². The van der Waals surface area contributed by atoms with Gasteiger partial charge in [0.2, 0.25) is 0 Å². The van der Waals surface area contributed by atoms with Crippen molar-refractivity contribution in [2.24, 2.45) is 5.10 Å². The number of methoxy groups -OCH3 is 1. The topological polar surface area (TPSA) is 76.5 Å². The maximum absolute atomic E-state index is 12.3. The van der Waals surface area contributed by atoms with E-state index >= 15 is 0 Å². The first-order chi connectivity index (χ1) is 11.7. The molecule has 0 aliphatic heterocycles. The zero-order valence-electron chi connectivity index (χ0n) is 13.0. The normalized spacial score (nSPS) is 11.5. The second-order valence-electron chi connectivity index (χ2n) is 4.99. The molecule has 1 heterocycles. The summed E-state index contributed by atoms with van der Waals surface area (Å²) in [7, 11) is 1.61. The minimum absolute atomic E-state index is 0.411. The van der Waals surface area contributed by atoms with E-state index in [-0.39, 0.29) is 0 Å². The fraction of sp³-hybridized carbons (Fsp3) is 0.0556. The average molecular weight is 321 g/mol. The van der Waals surface area contributed by atoms with Crippen molar-refractivity contribution in [3.8, 4) is 5.75 Å². The molecule has 0 spiro atoms. The lowest BCUT2D eigenvalue weighted by atomic mass is 10.2. The van der Waals surface area contributed by atoms with Crippen molar-refractivity contribution in [2.45, 2.75) is 0 Å². The molecular formula is C18H15N3O3. The maximum Gasteiger partial charge on any atom is 0.349 e. The molecule has 0 saturated carbocycles. The van der Waals surface area contributed by atoms with Gasteiger partial charge in [-0.25, -0.2) is 4.79 Å². The Balaban J connectivity index is 1.86. The van der Waals surface area contributed by atoms with Gasteiger partial charge in [-0.3, -0.25) is 4.79 Å². The molecule has 0 aliphatic rings. The van der Waals surface area contributed by atoms with Gasteiger partial charge in [0.1, 0.15) is 5.75 Å². The molecule has 6 heteroatoms. The van der Waals surface area contributed by atoms with Gasteiger partial charge in [-0.1, -0.05) is 30.3 Å². The Bertz CT molecular complexity index is 1030. The van der Waals surface area contributed by atoms with Crippen LogP contribution < -0.4 is 16.0 Å². The standard InChI is InChI=1S/C18H15N3O3/c1-24-14-10-8-13(9-11-14)5-4-12-19-21-17(22)15-6-2-3-7-16(15)20-18(21)23/h2-12H,1H3,(H,20,23)/b5-4+,19-12?. The highest BCUT2D eigenvalue weighted by Gasteiger charge is 2.04. The first kappa shape index (κ1) is 15.5. The third-order valence-electron chi connectivity index (χ3n) is 3.46. The van der Waals surface area contributed by atoms with Gasteiger partial charge in [-0.2, -0.15) is 5.10 Å². The quantitative estimate of drug-likeness (QED) is 0.749. The molecule has 120 valence electrons. The third-order valence-corrected chi connectivity index (χ3v) is 3.46. The molecule has 3 rings (SSSR count). The van der Waals surface area contributed by atoms with Crippen LogP contribution in [0.25, 0.3) is 17.0 Å². The molecule has 2 aromatic carbocycles. The summed E-state index contributed by atoms with van der Waals surface area (Å²) in [6, 6.07) is 14.3. The van der Waals surface area contributed by atoms with Crippen molar-refractivity contribution in [3.05, 3.63) is 81.0 Å². The van der Waals surface area contributed by atoms with Crippen LogP contribution in [0.4, 0.5) is 0 Å². The second-order valence-corrected chi connectivity index (χ2v) is 4.99. The number of H-pyrrole nitrogens is 1. The molecule has 1 N–H and O–H groups in total. The SMILES string of the molecule is COc1ccc(/C=C/C=Nn2c(=O)[nH]c3ccccc3c2=O)cc1. The van der Waals surface area contributed by atoms with E-state index in [0.717, 1.165) is 16.0 Å². The van der Waals surface area contributed by atoms with Crippen LogP contribution in [0.2, 0.25) is 0 Å². The van der Waals surface area contributed by atoms with Gasteiger partial charge in [0.25, 0.3) is 5.56 Å². The Morgan fingerprint density at radius 1 is 1.08 bits per heavy atom. The van der Waals surface area contributed by atoms with Crippen molar-refractivity contribution in [1.82, 2.24) is 9.66 Å². The number of benzene rings is 2. The largest absolute Gasteiger partial charge is 0.497 e. The van der Waals surface area contributed by atoms with Crippen LogP contribution in [0.1, 0.15) is 5.56 Å². The van der Waals surface area contributed by atoms with Crippen LogP contribution in [0.5, 0.6) is 5.75 Å². The highest BCUT2D eigenvalue weighted by Crippen LogP contribution is 2.11. The summed E-state index contributed by atoms with van der Waals surface area (Å²) < 4.78 is 5.89. The number of rotatable bonds is 4. The molecule has 0 radical (unpaired) electrons. The monoisotopic (exact) mass is 321 g/mol. The second kappa shape index (κ2) is 6.78. The van der Waals surface area contributed by atoms with Crippen LogP contribution in [0.3, 0.4) is 0 Å². The molecule has 0 atom stereocenters. The number of hydrogen-bond acceptors (Lipinski definition) is 4. The van der Waals surface area contributed by atoms with Crippen molar-refractivity contribution in [3.63, 3.8) is 0 Å². The number of ether oxygens (including phenoxy) is 1. The molecule has 0 saturated heterocycles.